The zero-order valence-electron chi connectivity index (χ0n) is 20.3. The van der Waals surface area contributed by atoms with Crippen LogP contribution < -0.4 is 31.2 Å². The van der Waals surface area contributed by atoms with Crippen LogP contribution in [-0.2, 0) is 0 Å². The average molecular weight is 518 g/mol. The molecule has 4 aromatic carbocycles. The lowest BCUT2D eigenvalue weighted by Crippen LogP contribution is -2.62. The van der Waals surface area contributed by atoms with Gasteiger partial charge >= 0.3 is 13.7 Å². The van der Waals surface area contributed by atoms with Crippen molar-refractivity contribution in [2.75, 3.05) is 9.34 Å². The van der Waals surface area contributed by atoms with E-state index >= 15 is 0 Å². The van der Waals surface area contributed by atoms with Gasteiger partial charge in [-0.3, -0.25) is 9.34 Å². The highest BCUT2D eigenvalue weighted by molar-refractivity contribution is 7.40. The van der Waals surface area contributed by atoms with Crippen LogP contribution in [0.15, 0.2) is 85.2 Å². The van der Waals surface area contributed by atoms with Gasteiger partial charge < -0.3 is 8.96 Å². The highest BCUT2D eigenvalue weighted by Gasteiger charge is 2.49. The number of hydrogen-bond donors (Lipinski definition) is 0. The third kappa shape index (κ3) is 2.00. The van der Waals surface area contributed by atoms with Crippen LogP contribution in [0.1, 0.15) is 0 Å². The Kier molecular flexibility index (Phi) is 3.45. The minimum absolute atomic E-state index is 0.132. The lowest BCUT2D eigenvalue weighted by atomic mass is 9.39. The van der Waals surface area contributed by atoms with Crippen molar-refractivity contribution in [1.82, 2.24) is 8.96 Å². The normalized spacial score (nSPS) is 15.3. The lowest BCUT2D eigenvalue weighted by molar-refractivity contribution is 1.22. The SMILES string of the molecule is C=PN1c2ccccc2B2c3c1cc1c4c3-c3c5c(ccn52)cc2ccn(c32)B4c2ccccc2N1P=C. The third-order valence-electron chi connectivity index (χ3n) is 9.05. The molecular weight excluding hydrogens is 500 g/mol. The second-order valence-corrected chi connectivity index (χ2v) is 11.9. The van der Waals surface area contributed by atoms with Gasteiger partial charge in [-0.1, -0.05) is 49.0 Å². The smallest absolute Gasteiger partial charge is 0.332 e. The van der Waals surface area contributed by atoms with Crippen LogP contribution in [0.2, 0.25) is 0 Å². The molecule has 4 nitrogen and oxygen atoms in total. The maximum Gasteiger partial charge on any atom is 0.332 e. The van der Waals surface area contributed by atoms with E-state index in [4.69, 9.17) is 0 Å². The van der Waals surface area contributed by atoms with Crippen molar-refractivity contribution in [1.29, 1.82) is 0 Å². The molecule has 0 N–H and O–H groups in total. The predicted octanol–water partition coefficient (Wildman–Crippen LogP) is 4.69. The maximum absolute atomic E-state index is 4.37. The Morgan fingerprint density at radius 2 is 1.05 bits per heavy atom. The highest BCUT2D eigenvalue weighted by Crippen LogP contribution is 2.49. The molecule has 0 radical (unpaired) electrons. The molecule has 0 saturated heterocycles. The van der Waals surface area contributed by atoms with E-state index < -0.39 is 0 Å². The molecule has 6 aromatic rings. The zero-order valence-corrected chi connectivity index (χ0v) is 22.1. The first kappa shape index (κ1) is 20.1. The number of nitrogens with zero attached hydrogens (tertiary/aromatic N) is 4. The van der Waals surface area contributed by atoms with Crippen LogP contribution in [0.25, 0.3) is 32.9 Å². The van der Waals surface area contributed by atoms with E-state index in [0.29, 0.717) is 0 Å². The average Bonchev–Trinajstić information content (AvgIpc) is 3.58. The van der Waals surface area contributed by atoms with E-state index in [2.05, 4.69) is 116 Å². The van der Waals surface area contributed by atoms with Crippen LogP contribution in [0, 0.1) is 0 Å². The topological polar surface area (TPSA) is 16.3 Å². The fourth-order valence-electron chi connectivity index (χ4n) is 7.79. The van der Waals surface area contributed by atoms with Crippen molar-refractivity contribution in [2.45, 2.75) is 0 Å². The minimum atomic E-state index is 0.132. The monoisotopic (exact) mass is 518 g/mol. The summed E-state index contributed by atoms with van der Waals surface area (Å²) in [5.74, 6) is 0. The summed E-state index contributed by atoms with van der Waals surface area (Å²) in [4.78, 5) is 0. The van der Waals surface area contributed by atoms with Crippen LogP contribution in [0.3, 0.4) is 0 Å². The van der Waals surface area contributed by atoms with Crippen LogP contribution in [-0.4, -0.2) is 35.3 Å². The van der Waals surface area contributed by atoms with Gasteiger partial charge in [0.15, 0.2) is 0 Å². The molecule has 4 aliphatic heterocycles. The van der Waals surface area contributed by atoms with Gasteiger partial charge in [0.1, 0.15) is 0 Å². The first-order chi connectivity index (χ1) is 18.8. The molecule has 0 fully saturated rings. The summed E-state index contributed by atoms with van der Waals surface area (Å²) in [6.07, 6.45) is 13.4. The van der Waals surface area contributed by atoms with Gasteiger partial charge in [0.05, 0.1) is 0 Å². The van der Waals surface area contributed by atoms with Gasteiger partial charge in [0.25, 0.3) is 0 Å². The summed E-state index contributed by atoms with van der Waals surface area (Å²) in [7, 11) is 1.93. The summed E-state index contributed by atoms with van der Waals surface area (Å²) in [6, 6.07) is 27.2. The van der Waals surface area contributed by atoms with E-state index in [-0.39, 0.29) is 13.7 Å². The quantitative estimate of drug-likeness (QED) is 0.244. The number of hydrogen-bond acceptors (Lipinski definition) is 2. The van der Waals surface area contributed by atoms with Crippen molar-refractivity contribution in [3.8, 4) is 11.1 Å². The third-order valence-corrected chi connectivity index (χ3v) is 10.5. The van der Waals surface area contributed by atoms with E-state index in [0.717, 1.165) is 16.7 Å². The van der Waals surface area contributed by atoms with Gasteiger partial charge in [0.2, 0.25) is 0 Å². The number of rotatable bonds is 2. The van der Waals surface area contributed by atoms with Crippen LogP contribution >= 0.6 is 16.7 Å². The number of anilines is 4. The number of benzene rings is 4. The molecule has 0 atom stereocenters. The molecular formula is C30H18B2N4P2. The fourth-order valence-corrected chi connectivity index (χ4v) is 9.09. The molecule has 0 unspecified atom stereocenters. The molecule has 174 valence electrons. The van der Waals surface area contributed by atoms with Crippen molar-refractivity contribution < 1.29 is 0 Å². The van der Waals surface area contributed by atoms with E-state index in [9.17, 15) is 0 Å². The molecule has 38 heavy (non-hydrogen) atoms. The Balaban J connectivity index is 1.50. The number of aromatic nitrogens is 2. The van der Waals surface area contributed by atoms with Crippen molar-refractivity contribution >= 4 is 109 Å². The molecule has 2 aromatic heterocycles. The molecule has 8 heteroatoms. The van der Waals surface area contributed by atoms with Crippen molar-refractivity contribution in [2.24, 2.45) is 0 Å². The zero-order chi connectivity index (χ0) is 24.9. The highest BCUT2D eigenvalue weighted by atomic mass is 31.1. The molecule has 0 bridgehead atoms. The first-order valence-corrected chi connectivity index (χ1v) is 14.9. The summed E-state index contributed by atoms with van der Waals surface area (Å²) in [5.41, 5.74) is 16.0. The Morgan fingerprint density at radius 1 is 0.553 bits per heavy atom. The molecule has 4 aliphatic rings. The summed E-state index contributed by atoms with van der Waals surface area (Å²) < 4.78 is 9.85. The Morgan fingerprint density at radius 3 is 1.55 bits per heavy atom. The predicted molar refractivity (Wildman–Crippen MR) is 169 cm³/mol. The van der Waals surface area contributed by atoms with E-state index in [1.54, 1.807) is 0 Å². The Hall–Kier alpha value is -3.97. The van der Waals surface area contributed by atoms with Gasteiger partial charge in [-0.15, -0.1) is 0 Å². The number of para-hydroxylation sites is 2. The van der Waals surface area contributed by atoms with Gasteiger partial charge in [0, 0.05) is 56.1 Å². The van der Waals surface area contributed by atoms with Gasteiger partial charge in [-0.05, 0) is 87.0 Å². The maximum atomic E-state index is 4.37. The van der Waals surface area contributed by atoms with Gasteiger partial charge in [-0.25, -0.2) is 0 Å². The van der Waals surface area contributed by atoms with Crippen LogP contribution in [0.4, 0.5) is 22.7 Å². The standard InChI is InChI=1S/C30H18B2N4P2/c1-37-35-21-9-5-3-7-19(21)31-27-23(35)16-24-28-25(27)26-29-17(11-13-33(29)31)15-18-12-14-34(30(18)26)32(28)20-8-4-6-10-22(20)36(24)38-2/h3-16H,1-2H2. The Labute approximate surface area is 223 Å². The second kappa shape index (κ2) is 6.53. The first-order valence-electron chi connectivity index (χ1n) is 12.9. The minimum Gasteiger partial charge on any atom is -0.382 e. The molecule has 10 rings (SSSR count). The molecule has 6 heterocycles. The fraction of sp³-hybridized carbons (Fsp3) is 0. The van der Waals surface area contributed by atoms with E-state index in [1.165, 1.54) is 77.5 Å². The molecule has 0 saturated carbocycles. The number of fused-ring (bicyclic) bond motifs is 6. The second-order valence-electron chi connectivity index (χ2n) is 10.5. The molecule has 0 aliphatic carbocycles. The van der Waals surface area contributed by atoms with Crippen molar-refractivity contribution in [3.05, 3.63) is 85.2 Å². The summed E-state index contributed by atoms with van der Waals surface area (Å²) in [6.45, 7) is 0.263. The molecule has 0 amide bonds. The Bertz CT molecular complexity index is 1980. The van der Waals surface area contributed by atoms with Gasteiger partial charge in [-0.2, -0.15) is 0 Å². The van der Waals surface area contributed by atoms with Crippen LogP contribution in [0.5, 0.6) is 0 Å². The summed E-state index contributed by atoms with van der Waals surface area (Å²) in [5, 5.41) is 2.62. The largest absolute Gasteiger partial charge is 0.382 e. The molecule has 0 spiro atoms. The lowest BCUT2D eigenvalue weighted by Gasteiger charge is -2.45. The van der Waals surface area contributed by atoms with E-state index in [1.807, 2.05) is 0 Å². The summed E-state index contributed by atoms with van der Waals surface area (Å²) >= 11 is 0. The van der Waals surface area contributed by atoms with Crippen molar-refractivity contribution in [3.63, 3.8) is 0 Å².